The molecule has 1 heterocycles. The average molecular weight is 284 g/mol. The van der Waals surface area contributed by atoms with Gasteiger partial charge in [-0.15, -0.1) is 0 Å². The molecule has 1 saturated heterocycles. The van der Waals surface area contributed by atoms with Gasteiger partial charge in [0.25, 0.3) is 9.58 Å². The largest absolute Gasteiger partial charge is 0.428 e. The molecule has 0 aromatic rings. The lowest BCUT2D eigenvalue weighted by molar-refractivity contribution is -0.202. The quantitative estimate of drug-likeness (QED) is 0.420. The Morgan fingerprint density at radius 2 is 2.00 bits per heavy atom. The summed E-state index contributed by atoms with van der Waals surface area (Å²) in [6.07, 6.45) is 4.78. The van der Waals surface area contributed by atoms with Gasteiger partial charge in [-0.3, -0.25) is 4.79 Å². The van der Waals surface area contributed by atoms with E-state index in [9.17, 15) is 9.90 Å². The Hall–Kier alpha value is 0.0400. The minimum atomic E-state index is -2.01. The summed E-state index contributed by atoms with van der Waals surface area (Å²) >= 11 is 17.2. The van der Waals surface area contributed by atoms with Crippen molar-refractivity contribution in [2.24, 2.45) is 23.7 Å². The van der Waals surface area contributed by atoms with Crippen LogP contribution in [0.1, 0.15) is 6.42 Å². The first kappa shape index (κ1) is 11.1. The molecule has 0 spiro atoms. The molecule has 0 radical (unpaired) electrons. The molecule has 3 rings (SSSR count). The standard InChI is InChI=1S/C10H9Cl3O3/c11-10(12,13)9(15)7-5-2-1-4(3-5)6(7)8(14)16-9/h1-2,4-7,15H,3H2/t4-,5+,6-,7-,9+/m1/s1. The van der Waals surface area contributed by atoms with Gasteiger partial charge >= 0.3 is 5.97 Å². The van der Waals surface area contributed by atoms with Crippen LogP contribution >= 0.6 is 34.8 Å². The molecule has 3 aliphatic rings. The van der Waals surface area contributed by atoms with E-state index in [2.05, 4.69) is 0 Å². The maximum Gasteiger partial charge on any atom is 0.312 e. The summed E-state index contributed by atoms with van der Waals surface area (Å²) in [5.41, 5.74) is 0. The lowest BCUT2D eigenvalue weighted by Crippen LogP contribution is -2.50. The van der Waals surface area contributed by atoms with Crippen molar-refractivity contribution >= 4 is 40.8 Å². The van der Waals surface area contributed by atoms with Crippen LogP contribution in [0.3, 0.4) is 0 Å². The molecular weight excluding hydrogens is 274 g/mol. The van der Waals surface area contributed by atoms with Crippen molar-refractivity contribution in [3.05, 3.63) is 12.2 Å². The number of cyclic esters (lactones) is 1. The second-order valence-corrected chi connectivity index (χ2v) is 6.90. The van der Waals surface area contributed by atoms with Gasteiger partial charge in [0.1, 0.15) is 0 Å². The fraction of sp³-hybridized carbons (Fsp3) is 0.700. The number of aliphatic hydroxyl groups is 1. The number of hydrogen-bond acceptors (Lipinski definition) is 3. The van der Waals surface area contributed by atoms with Crippen molar-refractivity contribution in [2.75, 3.05) is 0 Å². The van der Waals surface area contributed by atoms with Crippen LogP contribution in [-0.4, -0.2) is 20.7 Å². The van der Waals surface area contributed by atoms with E-state index in [1.807, 2.05) is 12.2 Å². The van der Waals surface area contributed by atoms with E-state index in [0.29, 0.717) is 0 Å². The van der Waals surface area contributed by atoms with Gasteiger partial charge in [0.05, 0.1) is 5.92 Å². The number of carbonyl (C=O) groups is 1. The van der Waals surface area contributed by atoms with E-state index in [0.717, 1.165) is 6.42 Å². The Balaban J connectivity index is 2.06. The maximum atomic E-state index is 11.7. The fourth-order valence-electron chi connectivity index (χ4n) is 3.21. The number of esters is 1. The average Bonchev–Trinajstić information content (AvgIpc) is 2.77. The number of rotatable bonds is 0. The lowest BCUT2D eigenvalue weighted by atomic mass is 9.80. The molecule has 3 nitrogen and oxygen atoms in total. The summed E-state index contributed by atoms with van der Waals surface area (Å²) in [6, 6.07) is 0. The highest BCUT2D eigenvalue weighted by molar-refractivity contribution is 6.68. The second kappa shape index (κ2) is 3.08. The molecule has 1 saturated carbocycles. The molecule has 6 heteroatoms. The molecule has 5 atom stereocenters. The minimum absolute atomic E-state index is 0.0575. The van der Waals surface area contributed by atoms with E-state index in [4.69, 9.17) is 39.5 Å². The van der Waals surface area contributed by atoms with Crippen molar-refractivity contribution < 1.29 is 14.6 Å². The third-order valence-electron chi connectivity index (χ3n) is 3.85. The molecule has 0 aromatic carbocycles. The normalized spacial score (nSPS) is 49.6. The van der Waals surface area contributed by atoms with Gasteiger partial charge in [0.2, 0.25) is 0 Å². The zero-order valence-corrected chi connectivity index (χ0v) is 10.3. The first-order valence-electron chi connectivity index (χ1n) is 5.05. The summed E-state index contributed by atoms with van der Waals surface area (Å²) in [5.74, 6) is -3.09. The van der Waals surface area contributed by atoms with Crippen molar-refractivity contribution in [1.29, 1.82) is 0 Å². The number of carbonyl (C=O) groups excluding carboxylic acids is 1. The van der Waals surface area contributed by atoms with Gasteiger partial charge < -0.3 is 9.84 Å². The van der Waals surface area contributed by atoms with E-state index in [1.165, 1.54) is 0 Å². The van der Waals surface area contributed by atoms with E-state index in [-0.39, 0.29) is 17.8 Å². The van der Waals surface area contributed by atoms with Crippen LogP contribution in [0.2, 0.25) is 0 Å². The molecule has 1 aliphatic heterocycles. The van der Waals surface area contributed by atoms with Crippen LogP contribution in [-0.2, 0) is 9.53 Å². The zero-order valence-electron chi connectivity index (χ0n) is 8.07. The highest BCUT2D eigenvalue weighted by atomic mass is 35.6. The Morgan fingerprint density at radius 1 is 1.38 bits per heavy atom. The third-order valence-corrected chi connectivity index (χ3v) is 4.66. The molecule has 0 aromatic heterocycles. The predicted molar refractivity (Wildman–Crippen MR) is 59.0 cm³/mol. The molecule has 2 fully saturated rings. The number of hydrogen-bond donors (Lipinski definition) is 1. The Bertz CT molecular complexity index is 389. The molecule has 0 amide bonds. The molecule has 16 heavy (non-hydrogen) atoms. The van der Waals surface area contributed by atoms with Gasteiger partial charge in [-0.05, 0) is 18.3 Å². The van der Waals surface area contributed by atoms with Crippen molar-refractivity contribution in [2.45, 2.75) is 16.0 Å². The number of halogens is 3. The molecule has 88 valence electrons. The fourth-order valence-corrected chi connectivity index (χ4v) is 3.71. The molecule has 1 N–H and O–H groups in total. The van der Waals surface area contributed by atoms with E-state index >= 15 is 0 Å². The smallest absolute Gasteiger partial charge is 0.312 e. The number of alkyl halides is 3. The summed E-state index contributed by atoms with van der Waals surface area (Å²) in [4.78, 5) is 11.7. The number of allylic oxidation sites excluding steroid dienone is 2. The molecule has 2 bridgehead atoms. The van der Waals surface area contributed by atoms with Crippen LogP contribution in [0.15, 0.2) is 12.2 Å². The van der Waals surface area contributed by atoms with Crippen LogP contribution in [0.25, 0.3) is 0 Å². The SMILES string of the molecule is O=C1O[C@](O)(C(Cl)(Cl)Cl)[C@H]2[C@H]1[C@@H]1C=C[C@H]2C1. The first-order valence-corrected chi connectivity index (χ1v) is 6.18. The van der Waals surface area contributed by atoms with Gasteiger partial charge in [0, 0.05) is 5.92 Å². The Kier molecular flexibility index (Phi) is 2.14. The topological polar surface area (TPSA) is 46.5 Å². The Labute approximate surface area is 107 Å². The third kappa shape index (κ3) is 1.18. The molecular formula is C10H9Cl3O3. The first-order chi connectivity index (χ1) is 7.34. The summed E-state index contributed by atoms with van der Waals surface area (Å²) in [7, 11) is 0. The number of fused-ring (bicyclic) bond motifs is 5. The maximum absolute atomic E-state index is 11.7. The van der Waals surface area contributed by atoms with Crippen LogP contribution < -0.4 is 0 Å². The lowest BCUT2D eigenvalue weighted by Gasteiger charge is -2.35. The second-order valence-electron chi connectivity index (χ2n) is 4.62. The zero-order chi connectivity index (χ0) is 11.7. The predicted octanol–water partition coefficient (Wildman–Crippen LogP) is 2.04. The van der Waals surface area contributed by atoms with Crippen molar-refractivity contribution in [3.8, 4) is 0 Å². The van der Waals surface area contributed by atoms with Crippen molar-refractivity contribution in [1.82, 2.24) is 0 Å². The highest BCUT2D eigenvalue weighted by Gasteiger charge is 2.71. The summed E-state index contributed by atoms with van der Waals surface area (Å²) in [5, 5.41) is 10.3. The Morgan fingerprint density at radius 3 is 2.62 bits per heavy atom. The summed E-state index contributed by atoms with van der Waals surface area (Å²) < 4.78 is 2.93. The van der Waals surface area contributed by atoms with Gasteiger partial charge in [-0.2, -0.15) is 0 Å². The van der Waals surface area contributed by atoms with Gasteiger partial charge in [-0.1, -0.05) is 47.0 Å². The minimum Gasteiger partial charge on any atom is -0.428 e. The van der Waals surface area contributed by atoms with Gasteiger partial charge in [-0.25, -0.2) is 0 Å². The number of ether oxygens (including phenoxy) is 1. The molecule has 0 unspecified atom stereocenters. The van der Waals surface area contributed by atoms with Crippen LogP contribution in [0.4, 0.5) is 0 Å². The highest BCUT2D eigenvalue weighted by Crippen LogP contribution is 2.61. The summed E-state index contributed by atoms with van der Waals surface area (Å²) in [6.45, 7) is 0. The van der Waals surface area contributed by atoms with Gasteiger partial charge in [0.15, 0.2) is 0 Å². The van der Waals surface area contributed by atoms with Crippen LogP contribution in [0, 0.1) is 23.7 Å². The van der Waals surface area contributed by atoms with Crippen LogP contribution in [0.5, 0.6) is 0 Å². The van der Waals surface area contributed by atoms with E-state index in [1.54, 1.807) is 0 Å². The monoisotopic (exact) mass is 282 g/mol. The van der Waals surface area contributed by atoms with E-state index < -0.39 is 21.5 Å². The molecule has 2 aliphatic carbocycles. The van der Waals surface area contributed by atoms with Crippen molar-refractivity contribution in [3.63, 3.8) is 0 Å².